The average Bonchev–Trinajstić information content (AvgIpc) is 3.01. The van der Waals surface area contributed by atoms with Crippen LogP contribution in [0.5, 0.6) is 0 Å². The van der Waals surface area contributed by atoms with Crippen molar-refractivity contribution in [3.05, 3.63) is 34.9 Å². The molecule has 0 aromatic heterocycles. The molecule has 0 radical (unpaired) electrons. The van der Waals surface area contributed by atoms with E-state index in [9.17, 15) is 0 Å². The second-order valence-electron chi connectivity index (χ2n) is 9.50. The zero-order valence-corrected chi connectivity index (χ0v) is 16.9. The fourth-order valence-electron chi connectivity index (χ4n) is 4.85. The first-order valence-electron chi connectivity index (χ1n) is 10.7. The van der Waals surface area contributed by atoms with Crippen LogP contribution in [0.1, 0.15) is 88.8 Å². The van der Waals surface area contributed by atoms with Gasteiger partial charge in [-0.2, -0.15) is 0 Å². The summed E-state index contributed by atoms with van der Waals surface area (Å²) in [7, 11) is 0. The highest BCUT2D eigenvalue weighted by Crippen LogP contribution is 2.48. The maximum Gasteiger partial charge on any atom is 0.0488 e. The highest BCUT2D eigenvalue weighted by atomic mass is 16.5. The van der Waals surface area contributed by atoms with Gasteiger partial charge in [0.1, 0.15) is 0 Å². The molecule has 25 heavy (non-hydrogen) atoms. The van der Waals surface area contributed by atoms with Crippen molar-refractivity contribution in [3.63, 3.8) is 0 Å². The first-order valence-corrected chi connectivity index (χ1v) is 10.7. The molecule has 0 heterocycles. The molecule has 1 heteroatoms. The van der Waals surface area contributed by atoms with Crippen LogP contribution in [0.15, 0.2) is 18.2 Å². The van der Waals surface area contributed by atoms with Crippen molar-refractivity contribution in [2.75, 3.05) is 13.2 Å². The number of aryl methyl sites for hydroxylation is 1. The molecular formula is C24H38O. The van der Waals surface area contributed by atoms with Gasteiger partial charge >= 0.3 is 0 Å². The monoisotopic (exact) mass is 342 g/mol. The molecule has 1 nitrogen and oxygen atoms in total. The molecule has 3 rings (SSSR count). The Balaban J connectivity index is 1.55. The Hall–Kier alpha value is -0.820. The van der Waals surface area contributed by atoms with Crippen molar-refractivity contribution >= 4 is 0 Å². The topological polar surface area (TPSA) is 9.23 Å². The van der Waals surface area contributed by atoms with Gasteiger partial charge in [-0.3, -0.25) is 0 Å². The minimum atomic E-state index is 0.585. The van der Waals surface area contributed by atoms with Crippen molar-refractivity contribution in [1.29, 1.82) is 0 Å². The Labute approximate surface area is 155 Å². The highest BCUT2D eigenvalue weighted by Gasteiger charge is 2.34. The average molecular weight is 343 g/mol. The lowest BCUT2D eigenvalue weighted by Gasteiger charge is -2.26. The van der Waals surface area contributed by atoms with Crippen LogP contribution in [-0.4, -0.2) is 13.2 Å². The predicted octanol–water partition coefficient (Wildman–Crippen LogP) is 6.54. The second-order valence-corrected chi connectivity index (χ2v) is 9.50. The van der Waals surface area contributed by atoms with Gasteiger partial charge < -0.3 is 4.74 Å². The summed E-state index contributed by atoms with van der Waals surface area (Å²) in [5.74, 6) is 2.27. The van der Waals surface area contributed by atoms with E-state index in [2.05, 4.69) is 45.9 Å². The van der Waals surface area contributed by atoms with E-state index in [0.717, 1.165) is 25.0 Å². The van der Waals surface area contributed by atoms with Crippen molar-refractivity contribution in [2.24, 2.45) is 17.3 Å². The highest BCUT2D eigenvalue weighted by molar-refractivity contribution is 5.36. The number of rotatable bonds is 7. The van der Waals surface area contributed by atoms with E-state index in [1.54, 1.807) is 16.7 Å². The third-order valence-corrected chi connectivity index (χ3v) is 6.84. The Morgan fingerprint density at radius 1 is 1.20 bits per heavy atom. The summed E-state index contributed by atoms with van der Waals surface area (Å²) in [5, 5.41) is 0. The van der Waals surface area contributed by atoms with Crippen LogP contribution in [-0.2, 0) is 17.6 Å². The molecule has 0 aliphatic heterocycles. The predicted molar refractivity (Wildman–Crippen MR) is 107 cm³/mol. The largest absolute Gasteiger partial charge is 0.381 e. The van der Waals surface area contributed by atoms with Gasteiger partial charge in [0.2, 0.25) is 0 Å². The summed E-state index contributed by atoms with van der Waals surface area (Å²) >= 11 is 0. The molecule has 0 unspecified atom stereocenters. The Morgan fingerprint density at radius 3 is 2.76 bits per heavy atom. The molecule has 1 saturated carbocycles. The van der Waals surface area contributed by atoms with E-state index < -0.39 is 0 Å². The van der Waals surface area contributed by atoms with Crippen LogP contribution in [0.25, 0.3) is 0 Å². The van der Waals surface area contributed by atoms with Crippen LogP contribution in [0, 0.1) is 17.3 Å². The minimum absolute atomic E-state index is 0.585. The molecule has 2 aliphatic rings. The molecule has 0 spiro atoms. The summed E-state index contributed by atoms with van der Waals surface area (Å²) < 4.78 is 5.80. The van der Waals surface area contributed by atoms with Gasteiger partial charge in [-0.05, 0) is 84.8 Å². The van der Waals surface area contributed by atoms with Crippen molar-refractivity contribution in [3.8, 4) is 0 Å². The fraction of sp³-hybridized carbons (Fsp3) is 0.750. The molecule has 0 N–H and O–H groups in total. The standard InChI is InChI=1S/C24H38O/c1-5-24(4)12-10-23(16-24)22-9-8-20-14-19(6-7-21(20)15-22)11-13-25-17-18(2)3/h8-9,15,18-19,23H,5-7,10-14,16-17H2,1-4H3/t19-,23+,24+/m1/s1. The van der Waals surface area contributed by atoms with Gasteiger partial charge in [0, 0.05) is 13.2 Å². The molecule has 0 saturated heterocycles. The number of hydrogen-bond acceptors (Lipinski definition) is 1. The van der Waals surface area contributed by atoms with Gasteiger partial charge in [0.25, 0.3) is 0 Å². The third-order valence-electron chi connectivity index (χ3n) is 6.84. The van der Waals surface area contributed by atoms with Crippen molar-refractivity contribution in [1.82, 2.24) is 0 Å². The van der Waals surface area contributed by atoms with Crippen LogP contribution in [0.4, 0.5) is 0 Å². The quantitative estimate of drug-likeness (QED) is 0.511. The number of benzene rings is 1. The number of ether oxygens (including phenoxy) is 1. The second kappa shape index (κ2) is 8.25. The van der Waals surface area contributed by atoms with Crippen LogP contribution >= 0.6 is 0 Å². The molecule has 0 amide bonds. The molecule has 0 bridgehead atoms. The van der Waals surface area contributed by atoms with Gasteiger partial charge in [-0.15, -0.1) is 0 Å². The van der Waals surface area contributed by atoms with Gasteiger partial charge in [-0.25, -0.2) is 0 Å². The smallest absolute Gasteiger partial charge is 0.0488 e. The molecule has 1 aromatic carbocycles. The molecule has 1 aromatic rings. The van der Waals surface area contributed by atoms with Crippen LogP contribution < -0.4 is 0 Å². The summed E-state index contributed by atoms with van der Waals surface area (Å²) in [5.41, 5.74) is 5.46. The third kappa shape index (κ3) is 4.88. The fourth-order valence-corrected chi connectivity index (χ4v) is 4.85. The van der Waals surface area contributed by atoms with Crippen LogP contribution in [0.3, 0.4) is 0 Å². The maximum absolute atomic E-state index is 5.80. The van der Waals surface area contributed by atoms with Crippen LogP contribution in [0.2, 0.25) is 0 Å². The summed E-state index contributed by atoms with van der Waals surface area (Å²) in [6.07, 6.45) is 10.6. The van der Waals surface area contributed by atoms with Gasteiger partial charge in [-0.1, -0.05) is 52.3 Å². The van der Waals surface area contributed by atoms with Gasteiger partial charge in [0.15, 0.2) is 0 Å². The first-order chi connectivity index (χ1) is 12.0. The lowest BCUT2D eigenvalue weighted by atomic mass is 9.80. The zero-order chi connectivity index (χ0) is 17.9. The van der Waals surface area contributed by atoms with Gasteiger partial charge in [0.05, 0.1) is 0 Å². The first kappa shape index (κ1) is 19.0. The summed E-state index contributed by atoms with van der Waals surface area (Å²) in [6, 6.07) is 7.46. The summed E-state index contributed by atoms with van der Waals surface area (Å²) in [6.45, 7) is 11.1. The lowest BCUT2D eigenvalue weighted by Crippen LogP contribution is -2.17. The van der Waals surface area contributed by atoms with E-state index in [1.165, 1.54) is 51.4 Å². The molecular weight excluding hydrogens is 304 g/mol. The lowest BCUT2D eigenvalue weighted by molar-refractivity contribution is 0.0962. The van der Waals surface area contributed by atoms with E-state index in [-0.39, 0.29) is 0 Å². The Kier molecular flexibility index (Phi) is 6.25. The van der Waals surface area contributed by atoms with E-state index in [0.29, 0.717) is 11.3 Å². The zero-order valence-electron chi connectivity index (χ0n) is 16.9. The normalized spacial score (nSPS) is 29.2. The Morgan fingerprint density at radius 2 is 2.04 bits per heavy atom. The Bertz CT molecular complexity index is 561. The minimum Gasteiger partial charge on any atom is -0.381 e. The molecule has 3 atom stereocenters. The molecule has 2 aliphatic carbocycles. The summed E-state index contributed by atoms with van der Waals surface area (Å²) in [4.78, 5) is 0. The van der Waals surface area contributed by atoms with E-state index in [1.807, 2.05) is 0 Å². The number of fused-ring (bicyclic) bond motifs is 1. The SMILES string of the molecule is CC[C@@]1(C)CC[C@H](c2ccc3c(c2)CC[C@H](CCOCC(C)C)C3)C1. The number of hydrogen-bond donors (Lipinski definition) is 0. The van der Waals surface area contributed by atoms with E-state index >= 15 is 0 Å². The molecule has 1 fully saturated rings. The molecule has 140 valence electrons. The van der Waals surface area contributed by atoms with Crippen molar-refractivity contribution < 1.29 is 4.74 Å². The maximum atomic E-state index is 5.80. The van der Waals surface area contributed by atoms with E-state index in [4.69, 9.17) is 4.74 Å². The van der Waals surface area contributed by atoms with Crippen molar-refractivity contribution in [2.45, 2.75) is 85.0 Å².